The standard InChI is InChI=1S/C15H15N5O2/c1-11-7-18-13(9-17-11)15(22)19-5-6-20(14(21)10-19)12-3-2-4-16-8-12/h2-4,7-9H,5-6,10H2,1H3. The summed E-state index contributed by atoms with van der Waals surface area (Å²) in [4.78, 5) is 39.9. The second kappa shape index (κ2) is 5.88. The van der Waals surface area contributed by atoms with Gasteiger partial charge >= 0.3 is 0 Å². The minimum Gasteiger partial charge on any atom is -0.326 e. The van der Waals surface area contributed by atoms with Crippen molar-refractivity contribution in [3.63, 3.8) is 0 Å². The van der Waals surface area contributed by atoms with Crippen molar-refractivity contribution in [1.82, 2.24) is 19.9 Å². The highest BCUT2D eigenvalue weighted by atomic mass is 16.2. The lowest BCUT2D eigenvalue weighted by Gasteiger charge is -2.33. The lowest BCUT2D eigenvalue weighted by atomic mass is 10.2. The Bertz CT molecular complexity index is 687. The summed E-state index contributed by atoms with van der Waals surface area (Å²) in [6, 6.07) is 3.61. The lowest BCUT2D eigenvalue weighted by Crippen LogP contribution is -2.52. The first-order valence-corrected chi connectivity index (χ1v) is 6.93. The summed E-state index contributed by atoms with van der Waals surface area (Å²) in [5.74, 6) is -0.403. The minimum atomic E-state index is -0.272. The van der Waals surface area contributed by atoms with Gasteiger partial charge in [0.1, 0.15) is 12.2 Å². The molecule has 0 spiro atoms. The van der Waals surface area contributed by atoms with Gasteiger partial charge in [-0.1, -0.05) is 0 Å². The number of carbonyl (C=O) groups is 2. The summed E-state index contributed by atoms with van der Waals surface area (Å²) in [7, 11) is 0. The first-order valence-electron chi connectivity index (χ1n) is 6.93. The summed E-state index contributed by atoms with van der Waals surface area (Å²) < 4.78 is 0. The molecular formula is C15H15N5O2. The van der Waals surface area contributed by atoms with Crippen LogP contribution in [0.3, 0.4) is 0 Å². The molecule has 2 amide bonds. The van der Waals surface area contributed by atoms with Gasteiger partial charge < -0.3 is 9.80 Å². The van der Waals surface area contributed by atoms with E-state index in [1.807, 2.05) is 6.07 Å². The summed E-state index contributed by atoms with van der Waals surface area (Å²) in [6.45, 7) is 2.73. The van der Waals surface area contributed by atoms with Crippen molar-refractivity contribution in [3.05, 3.63) is 48.3 Å². The summed E-state index contributed by atoms with van der Waals surface area (Å²) in [6.07, 6.45) is 6.28. The third-order valence-electron chi connectivity index (χ3n) is 3.47. The second-order valence-electron chi connectivity index (χ2n) is 5.03. The fourth-order valence-electron chi connectivity index (χ4n) is 2.30. The zero-order valence-corrected chi connectivity index (χ0v) is 12.1. The monoisotopic (exact) mass is 297 g/mol. The topological polar surface area (TPSA) is 79.3 Å². The van der Waals surface area contributed by atoms with Gasteiger partial charge in [-0.3, -0.25) is 19.6 Å². The van der Waals surface area contributed by atoms with Crippen LogP contribution in [0.4, 0.5) is 5.69 Å². The molecule has 112 valence electrons. The number of aromatic nitrogens is 3. The Balaban J connectivity index is 1.71. The number of nitrogens with zero attached hydrogens (tertiary/aromatic N) is 5. The third-order valence-corrected chi connectivity index (χ3v) is 3.47. The number of amides is 2. The van der Waals surface area contributed by atoms with Gasteiger partial charge in [0.2, 0.25) is 5.91 Å². The molecule has 1 aliphatic rings. The molecule has 2 aromatic heterocycles. The van der Waals surface area contributed by atoms with Crippen LogP contribution in [-0.2, 0) is 4.79 Å². The van der Waals surface area contributed by atoms with E-state index >= 15 is 0 Å². The maximum absolute atomic E-state index is 12.3. The fourth-order valence-corrected chi connectivity index (χ4v) is 2.30. The number of hydrogen-bond donors (Lipinski definition) is 0. The maximum Gasteiger partial charge on any atom is 0.274 e. The molecule has 1 aliphatic heterocycles. The second-order valence-corrected chi connectivity index (χ2v) is 5.03. The molecule has 0 unspecified atom stereocenters. The Morgan fingerprint density at radius 3 is 2.68 bits per heavy atom. The van der Waals surface area contributed by atoms with Crippen molar-refractivity contribution in [2.75, 3.05) is 24.5 Å². The molecule has 1 saturated heterocycles. The Morgan fingerprint density at radius 1 is 1.18 bits per heavy atom. The third kappa shape index (κ3) is 2.78. The van der Waals surface area contributed by atoms with Gasteiger partial charge in [-0.05, 0) is 19.1 Å². The molecule has 3 rings (SSSR count). The maximum atomic E-state index is 12.3. The normalized spacial score (nSPS) is 15.0. The number of piperazine rings is 1. The molecule has 0 bridgehead atoms. The molecule has 1 fully saturated rings. The van der Waals surface area contributed by atoms with E-state index in [1.165, 1.54) is 11.1 Å². The highest BCUT2D eigenvalue weighted by Gasteiger charge is 2.29. The predicted molar refractivity (Wildman–Crippen MR) is 79.3 cm³/mol. The number of aryl methyl sites for hydroxylation is 1. The quantitative estimate of drug-likeness (QED) is 0.814. The van der Waals surface area contributed by atoms with Gasteiger partial charge in [-0.2, -0.15) is 0 Å². The Morgan fingerprint density at radius 2 is 2.05 bits per heavy atom. The Hall–Kier alpha value is -2.83. The Kier molecular flexibility index (Phi) is 3.78. The summed E-state index contributed by atoms with van der Waals surface area (Å²) >= 11 is 0. The SMILES string of the molecule is Cc1cnc(C(=O)N2CCN(c3cccnc3)C(=O)C2)cn1. The van der Waals surface area contributed by atoms with Gasteiger partial charge in [0.25, 0.3) is 5.91 Å². The van der Waals surface area contributed by atoms with Crippen molar-refractivity contribution >= 4 is 17.5 Å². The van der Waals surface area contributed by atoms with Gasteiger partial charge in [-0.25, -0.2) is 4.98 Å². The van der Waals surface area contributed by atoms with E-state index in [-0.39, 0.29) is 24.1 Å². The molecule has 3 heterocycles. The van der Waals surface area contributed by atoms with Crippen molar-refractivity contribution < 1.29 is 9.59 Å². The molecule has 7 heteroatoms. The minimum absolute atomic E-state index is 0.0310. The van der Waals surface area contributed by atoms with Crippen LogP contribution in [0.15, 0.2) is 36.9 Å². The zero-order chi connectivity index (χ0) is 15.5. The molecule has 0 aromatic carbocycles. The largest absolute Gasteiger partial charge is 0.326 e. The number of anilines is 1. The highest BCUT2D eigenvalue weighted by molar-refractivity contribution is 6.00. The molecule has 2 aromatic rings. The average Bonchev–Trinajstić information content (AvgIpc) is 2.55. The van der Waals surface area contributed by atoms with Gasteiger partial charge in [0, 0.05) is 25.5 Å². The van der Waals surface area contributed by atoms with Crippen LogP contribution in [-0.4, -0.2) is 51.3 Å². The van der Waals surface area contributed by atoms with Crippen molar-refractivity contribution in [1.29, 1.82) is 0 Å². The molecule has 0 aliphatic carbocycles. The van der Waals surface area contributed by atoms with Crippen LogP contribution < -0.4 is 4.90 Å². The molecular weight excluding hydrogens is 282 g/mol. The molecule has 22 heavy (non-hydrogen) atoms. The average molecular weight is 297 g/mol. The summed E-state index contributed by atoms with van der Waals surface area (Å²) in [5.41, 5.74) is 1.75. The smallest absolute Gasteiger partial charge is 0.274 e. The number of hydrogen-bond acceptors (Lipinski definition) is 5. The van der Waals surface area contributed by atoms with E-state index in [1.54, 1.807) is 36.5 Å². The number of carbonyl (C=O) groups excluding carboxylic acids is 2. The zero-order valence-electron chi connectivity index (χ0n) is 12.1. The molecule has 0 saturated carbocycles. The van der Waals surface area contributed by atoms with Gasteiger partial charge in [0.05, 0.1) is 23.8 Å². The van der Waals surface area contributed by atoms with E-state index in [0.29, 0.717) is 13.1 Å². The van der Waals surface area contributed by atoms with E-state index in [0.717, 1.165) is 11.4 Å². The highest BCUT2D eigenvalue weighted by Crippen LogP contribution is 2.16. The van der Waals surface area contributed by atoms with Crippen LogP contribution in [0.25, 0.3) is 0 Å². The first kappa shape index (κ1) is 14.1. The summed E-state index contributed by atoms with van der Waals surface area (Å²) in [5, 5.41) is 0. The predicted octanol–water partition coefficient (Wildman–Crippen LogP) is 0.669. The van der Waals surface area contributed by atoms with Crippen molar-refractivity contribution in [2.24, 2.45) is 0 Å². The van der Waals surface area contributed by atoms with Crippen molar-refractivity contribution in [2.45, 2.75) is 6.92 Å². The van der Waals surface area contributed by atoms with Gasteiger partial charge in [0.15, 0.2) is 0 Å². The van der Waals surface area contributed by atoms with E-state index in [9.17, 15) is 9.59 Å². The first-order chi connectivity index (χ1) is 10.6. The van der Waals surface area contributed by atoms with Crippen LogP contribution in [0.5, 0.6) is 0 Å². The number of pyridine rings is 1. The molecule has 7 nitrogen and oxygen atoms in total. The van der Waals surface area contributed by atoms with Crippen molar-refractivity contribution in [3.8, 4) is 0 Å². The van der Waals surface area contributed by atoms with E-state index < -0.39 is 0 Å². The van der Waals surface area contributed by atoms with Crippen LogP contribution in [0.2, 0.25) is 0 Å². The lowest BCUT2D eigenvalue weighted by molar-refractivity contribution is -0.120. The van der Waals surface area contributed by atoms with Gasteiger partial charge in [-0.15, -0.1) is 0 Å². The molecule has 0 radical (unpaired) electrons. The van der Waals surface area contributed by atoms with E-state index in [4.69, 9.17) is 0 Å². The fraction of sp³-hybridized carbons (Fsp3) is 0.267. The van der Waals surface area contributed by atoms with E-state index in [2.05, 4.69) is 15.0 Å². The molecule has 0 atom stereocenters. The van der Waals surface area contributed by atoms with Crippen LogP contribution in [0, 0.1) is 6.92 Å². The Labute approximate surface area is 127 Å². The number of rotatable bonds is 2. The van der Waals surface area contributed by atoms with Crippen LogP contribution >= 0.6 is 0 Å². The molecule has 0 N–H and O–H groups in total. The van der Waals surface area contributed by atoms with Crippen LogP contribution in [0.1, 0.15) is 16.2 Å².